The molecule has 3 unspecified atom stereocenters. The predicted octanol–water partition coefficient (Wildman–Crippen LogP) is 16.0. The van der Waals surface area contributed by atoms with E-state index >= 15 is 0 Å². The van der Waals surface area contributed by atoms with Crippen LogP contribution in [0, 0.1) is 23.2 Å². The molecular weight excluding hydrogens is 833 g/mol. The minimum absolute atomic E-state index is 0.0160. The third-order valence-electron chi connectivity index (χ3n) is 17.3. The fourth-order valence-electron chi connectivity index (χ4n) is 11.2. The first kappa shape index (κ1) is 53.5. The Labute approximate surface area is 386 Å². The summed E-state index contributed by atoms with van der Waals surface area (Å²) in [4.78, 5) is 0.440. The van der Waals surface area contributed by atoms with E-state index in [0.29, 0.717) is 35.5 Å². The van der Waals surface area contributed by atoms with Gasteiger partial charge in [-0.25, -0.2) is 8.42 Å². The summed E-state index contributed by atoms with van der Waals surface area (Å²) < 4.78 is 50.0. The molecule has 62 heavy (non-hydrogen) atoms. The normalized spacial score (nSPS) is 27.1. The van der Waals surface area contributed by atoms with Crippen LogP contribution in [-0.2, 0) is 23.1 Å². The summed E-state index contributed by atoms with van der Waals surface area (Å²) in [5.74, 6) is 1.75. The summed E-state index contributed by atoms with van der Waals surface area (Å²) in [5.41, 5.74) is 3.84. The number of hydrogen-bond acceptors (Lipinski definition) is 5. The lowest BCUT2D eigenvalue weighted by Gasteiger charge is -2.46. The first-order valence-electron chi connectivity index (χ1n) is 24.9. The van der Waals surface area contributed by atoms with Gasteiger partial charge in [-0.05, 0) is 166 Å². The molecule has 7 atom stereocenters. The number of fused-ring (bicyclic) bond motifs is 1. The lowest BCUT2D eigenvalue weighted by Crippen LogP contribution is -2.49. The van der Waals surface area contributed by atoms with Crippen molar-refractivity contribution in [1.82, 2.24) is 0 Å². The molecule has 1 aromatic rings. The molecule has 3 fully saturated rings. The van der Waals surface area contributed by atoms with E-state index in [4.69, 9.17) is 19.9 Å². The SMILES string of the molecule is C=C1/C(=C\C=C2/CCC[C@@]3(C)C2CCC3[C@H](C)CCCC(CC(C)(C)O[Si](CC)(CC)CC)S(=O)(=O)c2ccccc2)C[C@@H](O[Si](C)(C)C(C)(C)C)C[C@@H]1O[Si](C)(C)C(C)(C)C. The largest absolute Gasteiger partial charge is 0.413 e. The third-order valence-corrected chi connectivity index (χ3v) is 33.4. The lowest BCUT2D eigenvalue weighted by atomic mass is 9.60. The second-order valence-corrected chi connectivity index (χ2v) is 40.5. The molecule has 5 nitrogen and oxygen atoms in total. The summed E-state index contributed by atoms with van der Waals surface area (Å²) in [5, 5.41) is -0.206. The number of allylic oxidation sites excluding steroid dienone is 3. The summed E-state index contributed by atoms with van der Waals surface area (Å²) >= 11 is 0. The van der Waals surface area contributed by atoms with Crippen molar-refractivity contribution in [2.45, 2.75) is 243 Å². The van der Waals surface area contributed by atoms with Crippen molar-refractivity contribution in [2.24, 2.45) is 23.2 Å². The Hall–Kier alpha value is -1.08. The van der Waals surface area contributed by atoms with Gasteiger partial charge >= 0.3 is 0 Å². The van der Waals surface area contributed by atoms with Gasteiger partial charge in [0.2, 0.25) is 0 Å². The number of rotatable bonds is 19. The van der Waals surface area contributed by atoms with Crippen LogP contribution in [0.5, 0.6) is 0 Å². The van der Waals surface area contributed by atoms with Gasteiger partial charge in [0.15, 0.2) is 34.8 Å². The highest BCUT2D eigenvalue weighted by molar-refractivity contribution is 7.92. The van der Waals surface area contributed by atoms with Crippen LogP contribution in [0.25, 0.3) is 0 Å². The maximum absolute atomic E-state index is 14.4. The summed E-state index contributed by atoms with van der Waals surface area (Å²) in [6, 6.07) is 12.3. The van der Waals surface area contributed by atoms with Crippen molar-refractivity contribution >= 4 is 34.8 Å². The van der Waals surface area contributed by atoms with Crippen molar-refractivity contribution in [1.29, 1.82) is 0 Å². The van der Waals surface area contributed by atoms with Crippen molar-refractivity contribution in [2.75, 3.05) is 0 Å². The minimum atomic E-state index is -3.52. The highest BCUT2D eigenvalue weighted by Crippen LogP contribution is 2.60. The van der Waals surface area contributed by atoms with Crippen LogP contribution < -0.4 is 0 Å². The maximum atomic E-state index is 14.4. The van der Waals surface area contributed by atoms with Crippen LogP contribution in [-0.4, -0.2) is 56.4 Å². The molecule has 0 aromatic heterocycles. The van der Waals surface area contributed by atoms with Gasteiger partial charge in [-0.2, -0.15) is 0 Å². The van der Waals surface area contributed by atoms with Crippen LogP contribution in [0.1, 0.15) is 161 Å². The molecule has 3 aliphatic carbocycles. The maximum Gasteiger partial charge on any atom is 0.192 e. The summed E-state index contributed by atoms with van der Waals surface area (Å²) in [7, 11) is -9.47. The first-order chi connectivity index (χ1) is 28.5. The lowest BCUT2D eigenvalue weighted by molar-refractivity contribution is 0.0817. The number of sulfone groups is 1. The topological polar surface area (TPSA) is 61.8 Å². The Morgan fingerprint density at radius 3 is 2.00 bits per heavy atom. The van der Waals surface area contributed by atoms with E-state index in [1.165, 1.54) is 37.7 Å². The fourth-order valence-corrected chi connectivity index (χ4v) is 19.0. The Morgan fingerprint density at radius 2 is 1.44 bits per heavy atom. The molecule has 4 rings (SSSR count). The van der Waals surface area contributed by atoms with Crippen LogP contribution in [0.2, 0.25) is 54.4 Å². The standard InChI is InChI=1S/C53H94O5SSi3/c1-19-62(20-2,21-3)58-52(12,13)39-46(59(54,55)45-29-23-22-24-30-45)31-25-27-40(4)47-34-35-48-42(28-26-36-53(47,48)14)32-33-43-37-44(56-60(15,16)50(6,7)8)38-49(41(43)5)57-61(17,18)51(9,10)11/h22-24,29-30,32-33,40,44,46-49H,5,19-21,25-28,31,34-39H2,1-4,6-18H3/b42-32+,43-33-/t40-,44-,46?,47?,48?,49+,53-/m1/s1. The van der Waals surface area contributed by atoms with Gasteiger partial charge in [0.25, 0.3) is 0 Å². The van der Waals surface area contributed by atoms with Crippen LogP contribution in [0.15, 0.2) is 70.7 Å². The van der Waals surface area contributed by atoms with E-state index in [1.54, 1.807) is 17.7 Å². The van der Waals surface area contributed by atoms with Crippen molar-refractivity contribution in [3.63, 3.8) is 0 Å². The Bertz CT molecular complexity index is 1810. The Morgan fingerprint density at radius 1 is 0.855 bits per heavy atom. The van der Waals surface area contributed by atoms with E-state index in [1.807, 2.05) is 18.2 Å². The van der Waals surface area contributed by atoms with E-state index in [-0.39, 0.29) is 27.7 Å². The first-order valence-corrected chi connectivity index (χ1v) is 34.8. The smallest absolute Gasteiger partial charge is 0.192 e. The van der Waals surface area contributed by atoms with E-state index in [9.17, 15) is 8.42 Å². The average molecular weight is 928 g/mol. The molecule has 9 heteroatoms. The van der Waals surface area contributed by atoms with E-state index in [0.717, 1.165) is 49.4 Å². The van der Waals surface area contributed by atoms with Crippen molar-refractivity contribution in [3.8, 4) is 0 Å². The minimum Gasteiger partial charge on any atom is -0.413 e. The Kier molecular flexibility index (Phi) is 17.6. The van der Waals surface area contributed by atoms with Gasteiger partial charge in [0.1, 0.15) is 0 Å². The molecule has 0 bridgehead atoms. The molecular formula is C53H94O5SSi3. The van der Waals surface area contributed by atoms with Gasteiger partial charge in [0, 0.05) is 6.42 Å². The molecule has 3 aliphatic rings. The third kappa shape index (κ3) is 12.5. The van der Waals surface area contributed by atoms with Gasteiger partial charge < -0.3 is 13.3 Å². The molecule has 0 amide bonds. The zero-order valence-electron chi connectivity index (χ0n) is 43.1. The zero-order chi connectivity index (χ0) is 46.7. The van der Waals surface area contributed by atoms with Gasteiger partial charge in [-0.1, -0.05) is 132 Å². The van der Waals surface area contributed by atoms with Crippen molar-refractivity contribution in [3.05, 3.63) is 65.8 Å². The molecule has 0 saturated heterocycles. The summed E-state index contributed by atoms with van der Waals surface area (Å²) in [6.07, 6.45) is 16.2. The highest BCUT2D eigenvalue weighted by Gasteiger charge is 2.51. The zero-order valence-corrected chi connectivity index (χ0v) is 46.9. The van der Waals surface area contributed by atoms with Crippen LogP contribution >= 0.6 is 0 Å². The second kappa shape index (κ2) is 20.4. The molecule has 354 valence electrons. The molecule has 0 heterocycles. The van der Waals surface area contributed by atoms with Crippen LogP contribution in [0.3, 0.4) is 0 Å². The second-order valence-electron chi connectivity index (χ2n) is 24.1. The van der Waals surface area contributed by atoms with Gasteiger partial charge in [-0.15, -0.1) is 0 Å². The molecule has 1 aromatic carbocycles. The van der Waals surface area contributed by atoms with Gasteiger partial charge in [0.05, 0.1) is 28.0 Å². The molecule has 0 aliphatic heterocycles. The molecule has 3 saturated carbocycles. The van der Waals surface area contributed by atoms with Gasteiger partial charge in [-0.3, -0.25) is 0 Å². The average Bonchev–Trinajstić information content (AvgIpc) is 3.54. The highest BCUT2D eigenvalue weighted by atomic mass is 32.2. The Balaban J connectivity index is 1.54. The van der Waals surface area contributed by atoms with Crippen molar-refractivity contribution < 1.29 is 21.7 Å². The quantitative estimate of drug-likeness (QED) is 0.129. The fraction of sp³-hybridized carbons (Fsp3) is 0.774. The van der Waals surface area contributed by atoms with Crippen LogP contribution in [0.4, 0.5) is 0 Å². The summed E-state index contributed by atoms with van der Waals surface area (Å²) in [6.45, 7) is 44.3. The number of benzene rings is 1. The predicted molar refractivity (Wildman–Crippen MR) is 274 cm³/mol. The molecule has 0 radical (unpaired) electrons. The number of hydrogen-bond donors (Lipinski definition) is 0. The molecule has 0 spiro atoms. The van der Waals surface area contributed by atoms with E-state index in [2.05, 4.69) is 128 Å². The molecule has 0 N–H and O–H groups in total. The van der Waals surface area contributed by atoms with E-state index < -0.39 is 45.6 Å². The monoisotopic (exact) mass is 927 g/mol.